The molecule has 0 saturated carbocycles. The summed E-state index contributed by atoms with van der Waals surface area (Å²) in [6.45, 7) is 1.60. The maximum Gasteiger partial charge on any atom is 0.326 e. The first-order valence-electron chi connectivity index (χ1n) is 7.59. The minimum atomic E-state index is -1.02. The van der Waals surface area contributed by atoms with Gasteiger partial charge in [0.15, 0.2) is 0 Å². The fourth-order valence-corrected chi connectivity index (χ4v) is 2.97. The van der Waals surface area contributed by atoms with Gasteiger partial charge in [-0.25, -0.2) is 9.78 Å². The lowest BCUT2D eigenvalue weighted by molar-refractivity contribution is -0.147. The fraction of sp³-hybridized carbons (Fsp3) is 0.353. The number of rotatable bonds is 4. The van der Waals surface area contributed by atoms with E-state index in [0.29, 0.717) is 5.88 Å². The summed E-state index contributed by atoms with van der Waals surface area (Å²) in [5.74, 6) is -0.139. The third-order valence-electron chi connectivity index (χ3n) is 4.17. The Hall–Kier alpha value is -2.83. The fourth-order valence-electron chi connectivity index (χ4n) is 2.97. The second-order valence-electron chi connectivity index (χ2n) is 5.70. The third kappa shape index (κ3) is 2.97. The molecule has 126 valence electrons. The van der Waals surface area contributed by atoms with Crippen LogP contribution in [0.5, 0.6) is 11.6 Å². The van der Waals surface area contributed by atoms with Crippen molar-refractivity contribution < 1.29 is 24.2 Å². The molecule has 1 amide bonds. The van der Waals surface area contributed by atoms with Crippen LogP contribution in [0.3, 0.4) is 0 Å². The number of pyridine rings is 1. The van der Waals surface area contributed by atoms with E-state index in [4.69, 9.17) is 9.47 Å². The van der Waals surface area contributed by atoms with Gasteiger partial charge in [-0.1, -0.05) is 0 Å². The van der Waals surface area contributed by atoms with E-state index >= 15 is 0 Å². The van der Waals surface area contributed by atoms with Crippen LogP contribution in [0.4, 0.5) is 0 Å². The van der Waals surface area contributed by atoms with E-state index in [0.717, 1.165) is 16.5 Å². The molecular formula is C17H18N2O5. The number of amides is 1. The van der Waals surface area contributed by atoms with Crippen LogP contribution in [0.1, 0.15) is 13.3 Å². The summed E-state index contributed by atoms with van der Waals surface area (Å²) < 4.78 is 11.1. The van der Waals surface area contributed by atoms with Gasteiger partial charge in [-0.05, 0) is 29.7 Å². The number of nitrogens with zero attached hydrogens (tertiary/aromatic N) is 2. The van der Waals surface area contributed by atoms with Crippen LogP contribution >= 0.6 is 0 Å². The number of fused-ring (bicyclic) bond motifs is 1. The summed E-state index contributed by atoms with van der Waals surface area (Å²) in [5.41, 5.74) is 0. The predicted molar refractivity (Wildman–Crippen MR) is 86.1 cm³/mol. The Morgan fingerprint density at radius 3 is 2.75 bits per heavy atom. The maximum atomic E-state index is 11.6. The molecule has 0 aliphatic carbocycles. The zero-order valence-corrected chi connectivity index (χ0v) is 13.4. The summed E-state index contributed by atoms with van der Waals surface area (Å²) in [6, 6.07) is 6.53. The first-order chi connectivity index (χ1) is 11.5. The molecule has 1 aromatic heterocycles. The number of ether oxygens (including phenoxy) is 2. The van der Waals surface area contributed by atoms with Gasteiger partial charge in [-0.3, -0.25) is 4.79 Å². The second-order valence-corrected chi connectivity index (χ2v) is 5.70. The first-order valence-corrected chi connectivity index (χ1v) is 7.59. The molecule has 0 radical (unpaired) electrons. The molecule has 1 N–H and O–H groups in total. The van der Waals surface area contributed by atoms with Gasteiger partial charge in [-0.2, -0.15) is 0 Å². The number of likely N-dealkylation sites (tertiary alicyclic amines) is 1. The standard InChI is InChI=1S/C17H18N2O5/c1-10(20)19-9-13(8-15(19)17(21)22)24-16-14-4-3-12(23-2)7-11(14)5-6-18-16/h3-7,13,15H,8-9H2,1-2H3,(H,21,22). The average Bonchev–Trinajstić information content (AvgIpc) is 2.99. The van der Waals surface area contributed by atoms with Crippen molar-refractivity contribution in [1.82, 2.24) is 9.88 Å². The summed E-state index contributed by atoms with van der Waals surface area (Å²) in [4.78, 5) is 28.5. The van der Waals surface area contributed by atoms with Crippen LogP contribution in [0.2, 0.25) is 0 Å². The summed E-state index contributed by atoms with van der Waals surface area (Å²) in [5, 5.41) is 11.0. The number of benzene rings is 1. The predicted octanol–water partition coefficient (Wildman–Crippen LogP) is 1.70. The molecule has 1 aliphatic rings. The monoisotopic (exact) mass is 330 g/mol. The van der Waals surface area contributed by atoms with Crippen LogP contribution in [-0.4, -0.2) is 52.7 Å². The van der Waals surface area contributed by atoms with E-state index in [-0.39, 0.29) is 18.9 Å². The van der Waals surface area contributed by atoms with Gasteiger partial charge in [0, 0.05) is 24.9 Å². The van der Waals surface area contributed by atoms with Crippen molar-refractivity contribution >= 4 is 22.6 Å². The SMILES string of the molecule is COc1ccc2c(OC3CC(C(=O)O)N(C(C)=O)C3)nccc2c1. The van der Waals surface area contributed by atoms with Crippen LogP contribution < -0.4 is 9.47 Å². The van der Waals surface area contributed by atoms with Crippen molar-refractivity contribution in [1.29, 1.82) is 0 Å². The smallest absolute Gasteiger partial charge is 0.326 e. The van der Waals surface area contributed by atoms with Crippen molar-refractivity contribution in [3.05, 3.63) is 30.5 Å². The van der Waals surface area contributed by atoms with Crippen molar-refractivity contribution in [2.75, 3.05) is 13.7 Å². The number of aliphatic carboxylic acids is 1. The lowest BCUT2D eigenvalue weighted by Gasteiger charge is -2.18. The van der Waals surface area contributed by atoms with Crippen LogP contribution in [0.15, 0.2) is 30.5 Å². The number of carbonyl (C=O) groups excluding carboxylic acids is 1. The topological polar surface area (TPSA) is 89.0 Å². The zero-order valence-electron chi connectivity index (χ0n) is 13.4. The van der Waals surface area contributed by atoms with E-state index in [1.54, 1.807) is 13.3 Å². The van der Waals surface area contributed by atoms with E-state index < -0.39 is 18.1 Å². The number of carbonyl (C=O) groups is 2. The molecule has 3 rings (SSSR count). The lowest BCUT2D eigenvalue weighted by Crippen LogP contribution is -2.39. The Kier molecular flexibility index (Phi) is 4.24. The van der Waals surface area contributed by atoms with Crippen LogP contribution in [-0.2, 0) is 9.59 Å². The van der Waals surface area contributed by atoms with Gasteiger partial charge in [0.2, 0.25) is 11.8 Å². The molecule has 24 heavy (non-hydrogen) atoms. The first kappa shape index (κ1) is 16.0. The highest BCUT2D eigenvalue weighted by molar-refractivity contribution is 5.88. The molecule has 1 saturated heterocycles. The highest BCUT2D eigenvalue weighted by Gasteiger charge is 2.39. The molecular weight excluding hydrogens is 312 g/mol. The maximum absolute atomic E-state index is 11.6. The molecule has 7 nitrogen and oxygen atoms in total. The molecule has 7 heteroatoms. The Labute approximate surface area is 138 Å². The van der Waals surface area contributed by atoms with E-state index in [2.05, 4.69) is 4.98 Å². The molecule has 2 unspecified atom stereocenters. The van der Waals surface area contributed by atoms with Crippen molar-refractivity contribution in [3.8, 4) is 11.6 Å². The number of hydrogen-bond acceptors (Lipinski definition) is 5. The summed E-state index contributed by atoms with van der Waals surface area (Å²) in [6.07, 6.45) is 1.46. The molecule has 1 aromatic carbocycles. The van der Waals surface area contributed by atoms with E-state index in [1.807, 2.05) is 24.3 Å². The van der Waals surface area contributed by atoms with Crippen molar-refractivity contribution in [2.45, 2.75) is 25.5 Å². The zero-order chi connectivity index (χ0) is 17.3. The molecule has 0 spiro atoms. The van der Waals surface area contributed by atoms with E-state index in [9.17, 15) is 14.7 Å². The summed E-state index contributed by atoms with van der Waals surface area (Å²) >= 11 is 0. The van der Waals surface area contributed by atoms with Crippen LogP contribution in [0, 0.1) is 0 Å². The number of hydrogen-bond donors (Lipinski definition) is 1. The van der Waals surface area contributed by atoms with Gasteiger partial charge in [0.05, 0.1) is 13.7 Å². The number of methoxy groups -OCH3 is 1. The third-order valence-corrected chi connectivity index (χ3v) is 4.17. The Morgan fingerprint density at radius 2 is 2.12 bits per heavy atom. The van der Waals surface area contributed by atoms with Crippen molar-refractivity contribution in [2.24, 2.45) is 0 Å². The van der Waals surface area contributed by atoms with Crippen LogP contribution in [0.25, 0.3) is 10.8 Å². The highest BCUT2D eigenvalue weighted by Crippen LogP contribution is 2.29. The molecule has 2 atom stereocenters. The Balaban J connectivity index is 1.85. The quantitative estimate of drug-likeness (QED) is 0.918. The molecule has 1 aliphatic heterocycles. The highest BCUT2D eigenvalue weighted by atomic mass is 16.5. The summed E-state index contributed by atoms with van der Waals surface area (Å²) in [7, 11) is 1.60. The van der Waals surface area contributed by atoms with Gasteiger partial charge < -0.3 is 19.5 Å². The Morgan fingerprint density at radius 1 is 1.33 bits per heavy atom. The molecule has 0 bridgehead atoms. The normalized spacial score (nSPS) is 20.2. The number of carboxylic acids is 1. The largest absolute Gasteiger partial charge is 0.497 e. The molecule has 2 aromatic rings. The van der Waals surface area contributed by atoms with Crippen molar-refractivity contribution in [3.63, 3.8) is 0 Å². The molecule has 1 fully saturated rings. The minimum Gasteiger partial charge on any atom is -0.497 e. The number of carboxylic acid groups (broad SMARTS) is 1. The second kappa shape index (κ2) is 6.35. The minimum absolute atomic E-state index is 0.237. The van der Waals surface area contributed by atoms with Gasteiger partial charge in [0.1, 0.15) is 17.9 Å². The Bertz CT molecular complexity index is 770. The molecule has 2 heterocycles. The van der Waals surface area contributed by atoms with E-state index in [1.165, 1.54) is 11.8 Å². The van der Waals surface area contributed by atoms with Gasteiger partial charge in [-0.15, -0.1) is 0 Å². The van der Waals surface area contributed by atoms with Gasteiger partial charge >= 0.3 is 5.97 Å². The lowest BCUT2D eigenvalue weighted by atomic mass is 10.1. The number of aromatic nitrogens is 1. The van der Waals surface area contributed by atoms with Gasteiger partial charge in [0.25, 0.3) is 0 Å². The average molecular weight is 330 g/mol.